The van der Waals surface area contributed by atoms with Crippen molar-refractivity contribution in [1.82, 2.24) is 19.3 Å². The van der Waals surface area contributed by atoms with Crippen LogP contribution in [0.25, 0.3) is 16.2 Å². The van der Waals surface area contributed by atoms with Crippen LogP contribution in [0.15, 0.2) is 21.8 Å². The van der Waals surface area contributed by atoms with E-state index in [0.29, 0.717) is 29.7 Å². The van der Waals surface area contributed by atoms with Gasteiger partial charge in [-0.05, 0) is 25.0 Å². The summed E-state index contributed by atoms with van der Waals surface area (Å²) in [6.07, 6.45) is -2.17. The second kappa shape index (κ2) is 7.45. The van der Waals surface area contributed by atoms with Gasteiger partial charge in [0.15, 0.2) is 5.01 Å². The van der Waals surface area contributed by atoms with Crippen LogP contribution in [0.1, 0.15) is 29.8 Å². The lowest BCUT2D eigenvalue weighted by Crippen LogP contribution is -2.25. The van der Waals surface area contributed by atoms with Gasteiger partial charge in [-0.15, -0.1) is 10.2 Å². The van der Waals surface area contributed by atoms with Crippen molar-refractivity contribution in [3.63, 3.8) is 0 Å². The molecule has 31 heavy (non-hydrogen) atoms. The highest BCUT2D eigenvalue weighted by Crippen LogP contribution is 2.52. The lowest BCUT2D eigenvalue weighted by molar-refractivity contribution is 0.150. The van der Waals surface area contributed by atoms with E-state index in [0.717, 1.165) is 4.57 Å². The van der Waals surface area contributed by atoms with Gasteiger partial charge in [-0.25, -0.2) is 31.7 Å². The second-order valence-electron chi connectivity index (χ2n) is 7.03. The van der Waals surface area contributed by atoms with Crippen LogP contribution in [-0.4, -0.2) is 41.5 Å². The van der Waals surface area contributed by atoms with Crippen LogP contribution >= 0.6 is 11.3 Å². The second-order valence-corrected chi connectivity index (χ2v) is 9.55. The number of alkyl halides is 2. The SMILES string of the molecule is COCCn1c(=O)n(-c2nnc(C(F)F)s2)c2c(C3(C#N)CC3)c(S(N)(=O)=O)ccc21. The van der Waals surface area contributed by atoms with Gasteiger partial charge in [0.25, 0.3) is 6.43 Å². The van der Waals surface area contributed by atoms with E-state index in [-0.39, 0.29) is 34.3 Å². The third kappa shape index (κ3) is 3.43. The Morgan fingerprint density at radius 1 is 1.39 bits per heavy atom. The van der Waals surface area contributed by atoms with Crippen LogP contribution in [-0.2, 0) is 26.7 Å². The summed E-state index contributed by atoms with van der Waals surface area (Å²) in [5.41, 5.74) is -1.36. The zero-order chi connectivity index (χ0) is 22.6. The molecule has 2 heterocycles. The minimum atomic E-state index is -4.26. The summed E-state index contributed by atoms with van der Waals surface area (Å²) in [5.74, 6) is 0. The van der Waals surface area contributed by atoms with Crippen LogP contribution in [0, 0.1) is 11.3 Å². The number of rotatable bonds is 7. The molecule has 10 nitrogen and oxygen atoms in total. The van der Waals surface area contributed by atoms with Gasteiger partial charge in [-0.3, -0.25) is 4.57 Å². The number of nitrogens with two attached hydrogens (primary N) is 1. The van der Waals surface area contributed by atoms with Gasteiger partial charge in [-0.2, -0.15) is 5.26 Å². The number of hydrogen-bond donors (Lipinski definition) is 1. The van der Waals surface area contributed by atoms with Crippen molar-refractivity contribution in [3.05, 3.63) is 33.2 Å². The molecule has 0 aliphatic heterocycles. The fourth-order valence-electron chi connectivity index (χ4n) is 3.55. The Hall–Kier alpha value is -2.73. The van der Waals surface area contributed by atoms with E-state index in [1.54, 1.807) is 0 Å². The highest BCUT2D eigenvalue weighted by molar-refractivity contribution is 7.89. The molecule has 2 N–H and O–H groups in total. The maximum atomic E-state index is 13.3. The van der Waals surface area contributed by atoms with Crippen molar-refractivity contribution in [3.8, 4) is 11.2 Å². The first kappa shape index (κ1) is 21.5. The number of imidazole rings is 1. The quantitative estimate of drug-likeness (QED) is 0.549. The molecule has 0 saturated heterocycles. The standard InChI is InChI=1S/C17H16F2N6O4S2/c1-29-7-6-24-9-2-3-10(31(21,27)28)11(17(8-20)4-5-17)12(9)25(16(24)26)15-23-22-14(30-15)13(18)19/h2-3,13H,4-7H2,1H3,(H2,21,27,28). The Kier molecular flexibility index (Phi) is 5.16. The zero-order valence-electron chi connectivity index (χ0n) is 16.1. The molecule has 0 bridgehead atoms. The zero-order valence-corrected chi connectivity index (χ0v) is 17.7. The van der Waals surface area contributed by atoms with Gasteiger partial charge >= 0.3 is 5.69 Å². The van der Waals surface area contributed by atoms with Crippen LogP contribution in [0.4, 0.5) is 8.78 Å². The normalized spacial score (nSPS) is 15.5. The smallest absolute Gasteiger partial charge is 0.335 e. The number of ether oxygens (including phenoxy) is 1. The molecule has 164 valence electrons. The largest absolute Gasteiger partial charge is 0.383 e. The molecule has 1 aliphatic rings. The predicted octanol–water partition coefficient (Wildman–Crippen LogP) is 1.43. The molecule has 0 amide bonds. The van der Waals surface area contributed by atoms with Gasteiger partial charge in [0.05, 0.1) is 40.6 Å². The van der Waals surface area contributed by atoms with E-state index in [9.17, 15) is 27.3 Å². The molecule has 1 aliphatic carbocycles. The average molecular weight is 470 g/mol. The first-order chi connectivity index (χ1) is 14.6. The highest BCUT2D eigenvalue weighted by Gasteiger charge is 2.50. The Labute approximate surface area is 178 Å². The summed E-state index contributed by atoms with van der Waals surface area (Å²) in [4.78, 5) is 13.0. The number of halogens is 2. The van der Waals surface area contributed by atoms with Gasteiger partial charge in [-0.1, -0.05) is 11.3 Å². The third-order valence-electron chi connectivity index (χ3n) is 5.13. The number of methoxy groups -OCH3 is 1. The van der Waals surface area contributed by atoms with E-state index in [1.807, 2.05) is 0 Å². The monoisotopic (exact) mass is 470 g/mol. The number of primary sulfonamides is 1. The Morgan fingerprint density at radius 3 is 2.61 bits per heavy atom. The number of aromatic nitrogens is 4. The molecule has 1 fully saturated rings. The molecular weight excluding hydrogens is 454 g/mol. The predicted molar refractivity (Wildman–Crippen MR) is 106 cm³/mol. The molecule has 3 aromatic rings. The fourth-order valence-corrected chi connectivity index (χ4v) is 5.08. The van der Waals surface area contributed by atoms with Crippen LogP contribution in [0.3, 0.4) is 0 Å². The summed E-state index contributed by atoms with van der Waals surface area (Å²) in [6.45, 7) is 0.264. The van der Waals surface area contributed by atoms with Gasteiger partial charge in [0.2, 0.25) is 15.2 Å². The molecule has 0 spiro atoms. The fraction of sp³-hybridized carbons (Fsp3) is 0.412. The lowest BCUT2D eigenvalue weighted by Gasteiger charge is -2.15. The van der Waals surface area contributed by atoms with Gasteiger partial charge in [0, 0.05) is 12.7 Å². The molecule has 1 saturated carbocycles. The number of nitriles is 1. The Balaban J connectivity index is 2.16. The van der Waals surface area contributed by atoms with Gasteiger partial charge < -0.3 is 4.74 Å². The first-order valence-electron chi connectivity index (χ1n) is 8.98. The van der Waals surface area contributed by atoms with E-state index in [1.165, 1.54) is 23.8 Å². The van der Waals surface area contributed by atoms with Crippen molar-refractivity contribution in [2.45, 2.75) is 36.1 Å². The summed E-state index contributed by atoms with van der Waals surface area (Å²) in [6, 6.07) is 4.78. The van der Waals surface area contributed by atoms with E-state index < -0.39 is 32.6 Å². The summed E-state index contributed by atoms with van der Waals surface area (Å²) in [7, 11) is -2.81. The molecule has 2 aromatic heterocycles. The molecule has 0 atom stereocenters. The van der Waals surface area contributed by atoms with Gasteiger partial charge in [0.1, 0.15) is 0 Å². The minimum absolute atomic E-state index is 0.0667. The first-order valence-corrected chi connectivity index (χ1v) is 11.3. The number of hydrogen-bond acceptors (Lipinski definition) is 8. The number of benzene rings is 1. The van der Waals surface area contributed by atoms with Crippen LogP contribution < -0.4 is 10.8 Å². The maximum absolute atomic E-state index is 13.3. The molecule has 0 radical (unpaired) electrons. The number of fused-ring (bicyclic) bond motifs is 1. The van der Waals surface area contributed by atoms with Crippen molar-refractivity contribution in [1.29, 1.82) is 5.26 Å². The summed E-state index contributed by atoms with van der Waals surface area (Å²) < 4.78 is 58.2. The lowest BCUT2D eigenvalue weighted by atomic mass is 9.96. The highest BCUT2D eigenvalue weighted by atomic mass is 32.2. The van der Waals surface area contributed by atoms with E-state index in [4.69, 9.17) is 9.88 Å². The van der Waals surface area contributed by atoms with Crippen molar-refractivity contribution < 1.29 is 21.9 Å². The average Bonchev–Trinajstić information content (AvgIpc) is 3.25. The van der Waals surface area contributed by atoms with Crippen molar-refractivity contribution in [2.75, 3.05) is 13.7 Å². The van der Waals surface area contributed by atoms with Crippen molar-refractivity contribution in [2.24, 2.45) is 5.14 Å². The molecule has 14 heteroatoms. The topological polar surface area (TPSA) is 146 Å². The number of nitrogens with zero attached hydrogens (tertiary/aromatic N) is 5. The minimum Gasteiger partial charge on any atom is -0.383 e. The van der Waals surface area contributed by atoms with Crippen LogP contribution in [0.5, 0.6) is 0 Å². The maximum Gasteiger partial charge on any atom is 0.335 e. The van der Waals surface area contributed by atoms with E-state index >= 15 is 0 Å². The summed E-state index contributed by atoms with van der Waals surface area (Å²) in [5, 5.41) is 21.6. The van der Waals surface area contributed by atoms with E-state index in [2.05, 4.69) is 16.3 Å². The third-order valence-corrected chi connectivity index (χ3v) is 7.00. The van der Waals surface area contributed by atoms with Crippen molar-refractivity contribution >= 4 is 32.4 Å². The molecule has 0 unspecified atom stereocenters. The molecular formula is C17H16F2N6O4S2. The summed E-state index contributed by atoms with van der Waals surface area (Å²) >= 11 is 0.504. The van der Waals surface area contributed by atoms with Crippen LogP contribution in [0.2, 0.25) is 0 Å². The Bertz CT molecular complexity index is 1380. The number of sulfonamides is 1. The molecule has 1 aromatic carbocycles. The Morgan fingerprint density at radius 2 is 2.10 bits per heavy atom. The molecule has 4 rings (SSSR count).